The maximum Gasteiger partial charge on any atom is 0.303 e. The van der Waals surface area contributed by atoms with E-state index in [1.165, 1.54) is 6.92 Å². The third-order valence-corrected chi connectivity index (χ3v) is 4.88. The molecular formula is C25H23NO5. The fourth-order valence-electron chi connectivity index (χ4n) is 3.47. The van der Waals surface area contributed by atoms with Crippen molar-refractivity contribution in [1.29, 1.82) is 0 Å². The summed E-state index contributed by atoms with van der Waals surface area (Å²) in [7, 11) is 0. The van der Waals surface area contributed by atoms with Crippen molar-refractivity contribution in [2.75, 3.05) is 6.54 Å². The van der Waals surface area contributed by atoms with Crippen molar-refractivity contribution in [1.82, 2.24) is 5.32 Å². The Hall–Kier alpha value is -3.80. The van der Waals surface area contributed by atoms with E-state index in [0.717, 1.165) is 22.8 Å². The number of fused-ring (bicyclic) bond motifs is 1. The largest absolute Gasteiger partial charge is 0.488 e. The second-order valence-corrected chi connectivity index (χ2v) is 7.27. The first-order valence-electron chi connectivity index (χ1n) is 10.1. The molecule has 0 spiro atoms. The highest BCUT2D eigenvalue weighted by Gasteiger charge is 2.27. The van der Waals surface area contributed by atoms with E-state index >= 15 is 0 Å². The molecule has 4 rings (SSSR count). The second kappa shape index (κ2) is 9.34. The summed E-state index contributed by atoms with van der Waals surface area (Å²) in [5, 5.41) is 2.85. The highest BCUT2D eigenvalue weighted by molar-refractivity contribution is 5.84. The number of hydrogen-bond donors (Lipinski definition) is 1. The predicted octanol–water partition coefficient (Wildman–Crippen LogP) is 4.20. The van der Waals surface area contributed by atoms with Gasteiger partial charge in [0.15, 0.2) is 0 Å². The van der Waals surface area contributed by atoms with Crippen molar-refractivity contribution in [2.45, 2.75) is 25.6 Å². The standard InChI is InChI=1S/C25H23NO5/c1-17(27)29-24(18-8-4-2-5-9-18)25(28)26-16-22-15-19-14-21(12-13-23(19)31-22)30-20-10-6-3-7-11-20/h2-14,22,24H,15-16H2,1H3,(H,26,28). The number of amides is 1. The van der Waals surface area contributed by atoms with Crippen LogP contribution in [0, 0.1) is 0 Å². The molecule has 0 aromatic heterocycles. The maximum absolute atomic E-state index is 12.7. The summed E-state index contributed by atoms with van der Waals surface area (Å²) < 4.78 is 17.1. The van der Waals surface area contributed by atoms with Crippen LogP contribution in [0.4, 0.5) is 0 Å². The molecule has 3 aromatic rings. The Bertz CT molecular complexity index is 1050. The Morgan fingerprint density at radius 1 is 1.00 bits per heavy atom. The molecule has 2 atom stereocenters. The number of rotatable bonds is 7. The van der Waals surface area contributed by atoms with Gasteiger partial charge in [0.05, 0.1) is 6.54 Å². The average Bonchev–Trinajstić information content (AvgIpc) is 3.19. The van der Waals surface area contributed by atoms with Crippen LogP contribution in [0.15, 0.2) is 78.9 Å². The first-order valence-corrected chi connectivity index (χ1v) is 10.1. The van der Waals surface area contributed by atoms with E-state index in [0.29, 0.717) is 18.5 Å². The zero-order valence-electron chi connectivity index (χ0n) is 17.1. The second-order valence-electron chi connectivity index (χ2n) is 7.27. The molecule has 1 amide bonds. The number of benzene rings is 3. The van der Waals surface area contributed by atoms with Crippen molar-refractivity contribution in [3.63, 3.8) is 0 Å². The molecular weight excluding hydrogens is 394 g/mol. The summed E-state index contributed by atoms with van der Waals surface area (Å²) in [5.41, 5.74) is 1.64. The van der Waals surface area contributed by atoms with Gasteiger partial charge in [0.2, 0.25) is 6.10 Å². The van der Waals surface area contributed by atoms with Crippen LogP contribution >= 0.6 is 0 Å². The van der Waals surface area contributed by atoms with Gasteiger partial charge in [-0.05, 0) is 30.3 Å². The van der Waals surface area contributed by atoms with Gasteiger partial charge in [0.1, 0.15) is 23.4 Å². The highest BCUT2D eigenvalue weighted by Crippen LogP contribution is 2.33. The number of nitrogens with one attached hydrogen (secondary N) is 1. The topological polar surface area (TPSA) is 73.9 Å². The van der Waals surface area contributed by atoms with E-state index in [9.17, 15) is 9.59 Å². The van der Waals surface area contributed by atoms with Crippen LogP contribution < -0.4 is 14.8 Å². The van der Waals surface area contributed by atoms with E-state index in [1.54, 1.807) is 24.3 Å². The minimum Gasteiger partial charge on any atom is -0.488 e. The van der Waals surface area contributed by atoms with Gasteiger partial charge in [-0.2, -0.15) is 0 Å². The molecule has 31 heavy (non-hydrogen) atoms. The molecule has 1 aliphatic heterocycles. The van der Waals surface area contributed by atoms with E-state index in [4.69, 9.17) is 14.2 Å². The molecule has 6 nitrogen and oxygen atoms in total. The fraction of sp³-hybridized carbons (Fsp3) is 0.200. The summed E-state index contributed by atoms with van der Waals surface area (Å²) in [5.74, 6) is 1.38. The SMILES string of the molecule is CC(=O)OC(C(=O)NCC1Cc2cc(Oc3ccccc3)ccc2O1)c1ccccc1. The van der Waals surface area contributed by atoms with Crippen LogP contribution in [-0.4, -0.2) is 24.5 Å². The molecule has 0 aliphatic carbocycles. The maximum atomic E-state index is 12.7. The van der Waals surface area contributed by atoms with Gasteiger partial charge in [-0.3, -0.25) is 9.59 Å². The van der Waals surface area contributed by atoms with Gasteiger partial charge in [0, 0.05) is 24.5 Å². The highest BCUT2D eigenvalue weighted by atomic mass is 16.5. The normalized spacial score (nSPS) is 15.3. The Kier molecular flexibility index (Phi) is 6.17. The zero-order chi connectivity index (χ0) is 21.6. The molecule has 1 aliphatic rings. The number of ether oxygens (including phenoxy) is 3. The first-order chi connectivity index (χ1) is 15.1. The minimum atomic E-state index is -0.992. The summed E-state index contributed by atoms with van der Waals surface area (Å²) in [6.07, 6.45) is -0.557. The van der Waals surface area contributed by atoms with Gasteiger partial charge in [-0.15, -0.1) is 0 Å². The molecule has 0 saturated carbocycles. The molecule has 158 valence electrons. The molecule has 1 heterocycles. The van der Waals surface area contributed by atoms with E-state index < -0.39 is 12.1 Å². The van der Waals surface area contributed by atoms with Gasteiger partial charge in [-0.25, -0.2) is 0 Å². The Morgan fingerprint density at radius 3 is 2.42 bits per heavy atom. The number of esters is 1. The summed E-state index contributed by atoms with van der Waals surface area (Å²) in [6, 6.07) is 24.2. The zero-order valence-corrected chi connectivity index (χ0v) is 17.1. The van der Waals surface area contributed by atoms with Crippen LogP contribution in [0.2, 0.25) is 0 Å². The van der Waals surface area contributed by atoms with Crippen molar-refractivity contribution in [3.05, 3.63) is 90.0 Å². The van der Waals surface area contributed by atoms with Gasteiger partial charge < -0.3 is 19.5 Å². The summed E-state index contributed by atoms with van der Waals surface area (Å²) in [4.78, 5) is 24.2. The van der Waals surface area contributed by atoms with Crippen LogP contribution in [0.5, 0.6) is 17.2 Å². The van der Waals surface area contributed by atoms with Gasteiger partial charge >= 0.3 is 5.97 Å². The van der Waals surface area contributed by atoms with Crippen LogP contribution in [0.1, 0.15) is 24.2 Å². The molecule has 6 heteroatoms. The molecule has 0 fully saturated rings. The summed E-state index contributed by atoms with van der Waals surface area (Å²) in [6.45, 7) is 1.59. The lowest BCUT2D eigenvalue weighted by Crippen LogP contribution is -2.38. The lowest BCUT2D eigenvalue weighted by Gasteiger charge is -2.18. The quantitative estimate of drug-likeness (QED) is 0.583. The molecule has 0 saturated heterocycles. The smallest absolute Gasteiger partial charge is 0.303 e. The lowest BCUT2D eigenvalue weighted by molar-refractivity contribution is -0.154. The number of carbonyl (C=O) groups is 2. The molecule has 0 bridgehead atoms. The van der Waals surface area contributed by atoms with E-state index in [-0.39, 0.29) is 12.0 Å². The van der Waals surface area contributed by atoms with Gasteiger partial charge in [-0.1, -0.05) is 48.5 Å². The molecule has 0 radical (unpaired) electrons. The van der Waals surface area contributed by atoms with Crippen molar-refractivity contribution in [2.24, 2.45) is 0 Å². The molecule has 1 N–H and O–H groups in total. The lowest BCUT2D eigenvalue weighted by atomic mass is 10.1. The third kappa shape index (κ3) is 5.22. The Balaban J connectivity index is 1.36. The van der Waals surface area contributed by atoms with Crippen LogP contribution in [-0.2, 0) is 20.7 Å². The predicted molar refractivity (Wildman–Crippen MR) is 115 cm³/mol. The number of hydrogen-bond acceptors (Lipinski definition) is 5. The monoisotopic (exact) mass is 417 g/mol. The number of para-hydroxylation sites is 1. The van der Waals surface area contributed by atoms with E-state index in [2.05, 4.69) is 5.32 Å². The van der Waals surface area contributed by atoms with Crippen molar-refractivity contribution < 1.29 is 23.8 Å². The Morgan fingerprint density at radius 2 is 1.71 bits per heavy atom. The molecule has 3 aromatic carbocycles. The van der Waals surface area contributed by atoms with Crippen molar-refractivity contribution in [3.8, 4) is 17.2 Å². The third-order valence-electron chi connectivity index (χ3n) is 4.88. The Labute approximate surface area is 180 Å². The van der Waals surface area contributed by atoms with Crippen LogP contribution in [0.25, 0.3) is 0 Å². The fourth-order valence-corrected chi connectivity index (χ4v) is 3.47. The van der Waals surface area contributed by atoms with Crippen molar-refractivity contribution >= 4 is 11.9 Å². The summed E-state index contributed by atoms with van der Waals surface area (Å²) >= 11 is 0. The average molecular weight is 417 g/mol. The molecule has 2 unspecified atom stereocenters. The van der Waals surface area contributed by atoms with Crippen LogP contribution in [0.3, 0.4) is 0 Å². The first kappa shape index (κ1) is 20.5. The minimum absolute atomic E-state index is 0.209. The number of carbonyl (C=O) groups excluding carboxylic acids is 2. The van der Waals surface area contributed by atoms with Gasteiger partial charge in [0.25, 0.3) is 5.91 Å². The van der Waals surface area contributed by atoms with E-state index in [1.807, 2.05) is 54.6 Å².